The summed E-state index contributed by atoms with van der Waals surface area (Å²) >= 11 is 0. The quantitative estimate of drug-likeness (QED) is 0.869. The summed E-state index contributed by atoms with van der Waals surface area (Å²) in [5.41, 5.74) is 0.972. The van der Waals surface area contributed by atoms with Gasteiger partial charge < -0.3 is 10.0 Å². The fourth-order valence-electron chi connectivity index (χ4n) is 2.10. The van der Waals surface area contributed by atoms with Gasteiger partial charge in [0.05, 0.1) is 11.6 Å². The zero-order valence-corrected chi connectivity index (χ0v) is 10.5. The van der Waals surface area contributed by atoms with Gasteiger partial charge in [-0.2, -0.15) is 13.2 Å². The predicted octanol–water partition coefficient (Wildman–Crippen LogP) is 2.60. The van der Waals surface area contributed by atoms with Gasteiger partial charge in [-0.05, 0) is 30.7 Å². The summed E-state index contributed by atoms with van der Waals surface area (Å²) in [5.74, 6) is -1.01. The van der Waals surface area contributed by atoms with E-state index in [0.717, 1.165) is 5.69 Å². The lowest BCUT2D eigenvalue weighted by Crippen LogP contribution is -2.21. The van der Waals surface area contributed by atoms with Crippen molar-refractivity contribution >= 4 is 17.9 Å². The Morgan fingerprint density at radius 3 is 2.55 bits per heavy atom. The van der Waals surface area contributed by atoms with Gasteiger partial charge >= 0.3 is 12.1 Å². The number of alkyl halides is 3. The normalized spacial score (nSPS) is 19.8. The molecule has 1 unspecified atom stereocenters. The number of carboxylic acid groups (broad SMARTS) is 1. The molecule has 1 aromatic rings. The Morgan fingerprint density at radius 2 is 2.00 bits per heavy atom. The number of aliphatic imine (C=N–C) groups is 1. The monoisotopic (exact) mass is 286 g/mol. The number of hydrogen-bond donors (Lipinski definition) is 1. The Bertz CT molecular complexity index is 511. The van der Waals surface area contributed by atoms with Crippen molar-refractivity contribution in [2.45, 2.75) is 18.6 Å². The molecule has 20 heavy (non-hydrogen) atoms. The van der Waals surface area contributed by atoms with Gasteiger partial charge in [0.25, 0.3) is 0 Å². The standard InChI is InChI=1S/C13H13F3N2O2/c14-13(15,16)8-17-10-5-6-18(7-10)11-3-1-9(2-4-11)12(19)20/h1-4,8,10H,5-7H2,(H,19,20). The van der Waals surface area contributed by atoms with Crippen LogP contribution in [-0.2, 0) is 0 Å². The van der Waals surface area contributed by atoms with Crippen LogP contribution in [0.1, 0.15) is 16.8 Å². The highest BCUT2D eigenvalue weighted by Crippen LogP contribution is 2.23. The zero-order chi connectivity index (χ0) is 14.8. The average Bonchev–Trinajstić information content (AvgIpc) is 2.84. The maximum Gasteiger partial charge on any atom is 0.426 e. The zero-order valence-electron chi connectivity index (χ0n) is 10.5. The molecule has 0 radical (unpaired) electrons. The molecule has 0 aromatic heterocycles. The molecule has 0 saturated carbocycles. The van der Waals surface area contributed by atoms with E-state index in [9.17, 15) is 18.0 Å². The van der Waals surface area contributed by atoms with Gasteiger partial charge in [0.2, 0.25) is 0 Å². The van der Waals surface area contributed by atoms with Crippen LogP contribution in [0.25, 0.3) is 0 Å². The van der Waals surface area contributed by atoms with E-state index < -0.39 is 12.1 Å². The molecule has 1 saturated heterocycles. The SMILES string of the molecule is O=C(O)c1ccc(N2CCC(N=CC(F)(F)F)C2)cc1. The Morgan fingerprint density at radius 1 is 1.35 bits per heavy atom. The molecule has 7 heteroatoms. The van der Waals surface area contributed by atoms with Crippen LogP contribution >= 0.6 is 0 Å². The van der Waals surface area contributed by atoms with E-state index in [1.807, 2.05) is 4.90 Å². The topological polar surface area (TPSA) is 52.9 Å². The number of halogens is 3. The molecule has 0 bridgehead atoms. The van der Waals surface area contributed by atoms with Crippen molar-refractivity contribution in [1.29, 1.82) is 0 Å². The highest BCUT2D eigenvalue weighted by molar-refractivity contribution is 5.88. The van der Waals surface area contributed by atoms with Crippen LogP contribution in [0, 0.1) is 0 Å². The largest absolute Gasteiger partial charge is 0.478 e. The fourth-order valence-corrected chi connectivity index (χ4v) is 2.10. The van der Waals surface area contributed by atoms with Gasteiger partial charge in [0, 0.05) is 18.8 Å². The second-order valence-corrected chi connectivity index (χ2v) is 4.56. The van der Waals surface area contributed by atoms with Gasteiger partial charge in [0.1, 0.15) is 6.21 Å². The molecule has 4 nitrogen and oxygen atoms in total. The van der Waals surface area contributed by atoms with Crippen molar-refractivity contribution in [3.8, 4) is 0 Å². The van der Waals surface area contributed by atoms with Crippen LogP contribution in [0.2, 0.25) is 0 Å². The summed E-state index contributed by atoms with van der Waals surface area (Å²) in [4.78, 5) is 16.1. The highest BCUT2D eigenvalue weighted by atomic mass is 19.4. The highest BCUT2D eigenvalue weighted by Gasteiger charge is 2.27. The molecule has 0 aliphatic carbocycles. The van der Waals surface area contributed by atoms with E-state index in [2.05, 4.69) is 4.99 Å². The molecule has 1 N–H and O–H groups in total. The van der Waals surface area contributed by atoms with Crippen molar-refractivity contribution < 1.29 is 23.1 Å². The maximum atomic E-state index is 12.0. The second-order valence-electron chi connectivity index (χ2n) is 4.56. The van der Waals surface area contributed by atoms with E-state index in [0.29, 0.717) is 19.5 Å². The first kappa shape index (κ1) is 14.4. The Kier molecular flexibility index (Phi) is 3.96. The van der Waals surface area contributed by atoms with E-state index in [1.54, 1.807) is 12.1 Å². The van der Waals surface area contributed by atoms with Gasteiger partial charge in [0.15, 0.2) is 0 Å². The van der Waals surface area contributed by atoms with Crippen LogP contribution in [0.3, 0.4) is 0 Å². The van der Waals surface area contributed by atoms with Crippen molar-refractivity contribution in [2.75, 3.05) is 18.0 Å². The molecule has 1 aliphatic rings. The molecule has 2 rings (SSSR count). The van der Waals surface area contributed by atoms with Crippen molar-refractivity contribution in [2.24, 2.45) is 4.99 Å². The van der Waals surface area contributed by atoms with Gasteiger partial charge in [-0.3, -0.25) is 4.99 Å². The van der Waals surface area contributed by atoms with Crippen LogP contribution in [-0.4, -0.2) is 42.6 Å². The maximum absolute atomic E-state index is 12.0. The molecule has 1 atom stereocenters. The van der Waals surface area contributed by atoms with Crippen LogP contribution in [0.4, 0.5) is 18.9 Å². The minimum atomic E-state index is -4.38. The predicted molar refractivity (Wildman–Crippen MR) is 68.6 cm³/mol. The van der Waals surface area contributed by atoms with Crippen molar-refractivity contribution in [3.63, 3.8) is 0 Å². The first-order chi connectivity index (χ1) is 9.35. The molecule has 1 heterocycles. The third kappa shape index (κ3) is 3.72. The number of anilines is 1. The van der Waals surface area contributed by atoms with E-state index >= 15 is 0 Å². The molecule has 0 spiro atoms. The Balaban J connectivity index is 1.99. The van der Waals surface area contributed by atoms with Crippen molar-refractivity contribution in [3.05, 3.63) is 29.8 Å². The molecule has 1 fully saturated rings. The minimum absolute atomic E-state index is 0.0364. The summed E-state index contributed by atoms with van der Waals surface area (Å²) in [6.07, 6.45) is -3.79. The lowest BCUT2D eigenvalue weighted by atomic mass is 10.2. The minimum Gasteiger partial charge on any atom is -0.478 e. The number of carbonyl (C=O) groups is 1. The Hall–Kier alpha value is -2.05. The molecule has 1 aliphatic heterocycles. The number of nitrogens with zero attached hydrogens (tertiary/aromatic N) is 2. The van der Waals surface area contributed by atoms with Crippen molar-refractivity contribution in [1.82, 2.24) is 0 Å². The molecule has 0 amide bonds. The number of hydrogen-bond acceptors (Lipinski definition) is 3. The molecule has 108 valence electrons. The summed E-state index contributed by atoms with van der Waals surface area (Å²) < 4.78 is 36.1. The summed E-state index contributed by atoms with van der Waals surface area (Å²) in [6, 6.07) is 5.88. The molecule has 1 aromatic carbocycles. The number of aromatic carboxylic acids is 1. The summed E-state index contributed by atoms with van der Waals surface area (Å²) in [5, 5.41) is 8.79. The lowest BCUT2D eigenvalue weighted by molar-refractivity contribution is -0.0538. The summed E-state index contributed by atoms with van der Waals surface area (Å²) in [7, 11) is 0. The van der Waals surface area contributed by atoms with E-state index in [-0.39, 0.29) is 17.8 Å². The second kappa shape index (κ2) is 5.52. The average molecular weight is 286 g/mol. The number of carboxylic acids is 1. The van der Waals surface area contributed by atoms with E-state index in [4.69, 9.17) is 5.11 Å². The number of rotatable bonds is 3. The lowest BCUT2D eigenvalue weighted by Gasteiger charge is -2.17. The van der Waals surface area contributed by atoms with Crippen LogP contribution in [0.5, 0.6) is 0 Å². The first-order valence-corrected chi connectivity index (χ1v) is 6.04. The third-order valence-corrected chi connectivity index (χ3v) is 3.07. The molecular weight excluding hydrogens is 273 g/mol. The Labute approximate surface area is 113 Å². The van der Waals surface area contributed by atoms with Crippen LogP contribution in [0.15, 0.2) is 29.3 Å². The first-order valence-electron chi connectivity index (χ1n) is 6.04. The van der Waals surface area contributed by atoms with E-state index in [1.165, 1.54) is 12.1 Å². The van der Waals surface area contributed by atoms with Gasteiger partial charge in [-0.25, -0.2) is 4.79 Å². The van der Waals surface area contributed by atoms with Crippen LogP contribution < -0.4 is 4.90 Å². The fraction of sp³-hybridized carbons (Fsp3) is 0.385. The van der Waals surface area contributed by atoms with Gasteiger partial charge in [-0.1, -0.05) is 0 Å². The molecular formula is C13H13F3N2O2. The summed E-state index contributed by atoms with van der Waals surface area (Å²) in [6.45, 7) is 1.01. The van der Waals surface area contributed by atoms with Gasteiger partial charge in [-0.15, -0.1) is 0 Å². The number of benzene rings is 1. The smallest absolute Gasteiger partial charge is 0.426 e. The third-order valence-electron chi connectivity index (χ3n) is 3.07.